The lowest BCUT2D eigenvalue weighted by atomic mass is 9.89. The predicted molar refractivity (Wildman–Crippen MR) is 114 cm³/mol. The Balaban J connectivity index is 0.00000240. The van der Waals surface area contributed by atoms with Gasteiger partial charge in [0.1, 0.15) is 11.6 Å². The van der Waals surface area contributed by atoms with Crippen LogP contribution in [0, 0.1) is 17.7 Å². The fourth-order valence-electron chi connectivity index (χ4n) is 4.73. The van der Waals surface area contributed by atoms with Crippen molar-refractivity contribution in [2.24, 2.45) is 11.8 Å². The Morgan fingerprint density at radius 3 is 2.55 bits per heavy atom. The average Bonchev–Trinajstić information content (AvgIpc) is 3.21. The number of benzene rings is 2. The van der Waals surface area contributed by atoms with E-state index in [0.29, 0.717) is 29.9 Å². The first kappa shape index (κ1) is 21.9. The molecule has 0 aliphatic carbocycles. The van der Waals surface area contributed by atoms with Crippen molar-refractivity contribution in [3.63, 3.8) is 0 Å². The lowest BCUT2D eigenvalue weighted by Gasteiger charge is -2.27. The van der Waals surface area contributed by atoms with Gasteiger partial charge in [0, 0.05) is 42.2 Å². The second-order valence-corrected chi connectivity index (χ2v) is 8.16. The summed E-state index contributed by atoms with van der Waals surface area (Å²) in [7, 11) is 3.80. The number of hydrogen-bond acceptors (Lipinski definition) is 3. The number of rotatable bonds is 4. The number of fused-ring (bicyclic) bond motifs is 1. The highest BCUT2D eigenvalue weighted by Crippen LogP contribution is 2.44. The van der Waals surface area contributed by atoms with Gasteiger partial charge in [-0.2, -0.15) is 0 Å². The quantitative estimate of drug-likeness (QED) is 0.716. The molecule has 4 rings (SSSR count). The molecule has 0 radical (unpaired) electrons. The molecule has 7 heteroatoms. The van der Waals surface area contributed by atoms with Crippen molar-refractivity contribution in [1.82, 2.24) is 9.80 Å². The summed E-state index contributed by atoms with van der Waals surface area (Å²) in [6.45, 7) is 2.36. The normalized spacial score (nSPS) is 23.6. The summed E-state index contributed by atoms with van der Waals surface area (Å²) in [4.78, 5) is 17.1. The number of amides is 1. The number of likely N-dealkylation sites (tertiary alicyclic amines) is 2. The first-order chi connectivity index (χ1) is 13.5. The molecule has 3 atom stereocenters. The van der Waals surface area contributed by atoms with Crippen LogP contribution in [0.1, 0.15) is 17.2 Å². The van der Waals surface area contributed by atoms with Crippen LogP contribution in [0.25, 0.3) is 0 Å². The Morgan fingerprint density at radius 1 is 1.17 bits per heavy atom. The number of carbonyl (C=O) groups is 1. The van der Waals surface area contributed by atoms with Crippen molar-refractivity contribution in [2.75, 3.05) is 33.8 Å². The van der Waals surface area contributed by atoms with Crippen LogP contribution >= 0.6 is 24.0 Å². The minimum atomic E-state index is -0.420. The van der Waals surface area contributed by atoms with Gasteiger partial charge >= 0.3 is 0 Å². The number of halogens is 3. The second kappa shape index (κ2) is 8.90. The van der Waals surface area contributed by atoms with E-state index in [1.807, 2.05) is 17.0 Å². The molecule has 1 amide bonds. The number of hydrogen-bond donors (Lipinski definition) is 0. The van der Waals surface area contributed by atoms with E-state index < -0.39 is 5.82 Å². The van der Waals surface area contributed by atoms with Crippen LogP contribution in [0.3, 0.4) is 0 Å². The molecule has 2 aliphatic heterocycles. The fraction of sp³-hybridized carbons (Fsp3) is 0.409. The van der Waals surface area contributed by atoms with Crippen molar-refractivity contribution < 1.29 is 13.9 Å². The molecular formula is C22H25Cl2FN2O2. The molecule has 0 unspecified atom stereocenters. The van der Waals surface area contributed by atoms with Crippen LogP contribution in [0.2, 0.25) is 5.02 Å². The van der Waals surface area contributed by atoms with Gasteiger partial charge in [-0.15, -0.1) is 12.4 Å². The van der Waals surface area contributed by atoms with E-state index in [-0.39, 0.29) is 36.3 Å². The van der Waals surface area contributed by atoms with Crippen LogP contribution < -0.4 is 4.74 Å². The highest BCUT2D eigenvalue weighted by Gasteiger charge is 2.47. The molecule has 156 valence electrons. The molecule has 0 N–H and O–H groups in total. The van der Waals surface area contributed by atoms with Gasteiger partial charge < -0.3 is 9.64 Å². The lowest BCUT2D eigenvalue weighted by Crippen LogP contribution is -2.34. The Bertz CT molecular complexity index is 857. The number of carbonyl (C=O) groups excluding carboxylic acids is 1. The van der Waals surface area contributed by atoms with Crippen molar-refractivity contribution >= 4 is 29.9 Å². The third-order valence-electron chi connectivity index (χ3n) is 6.09. The molecule has 2 fully saturated rings. The van der Waals surface area contributed by atoms with E-state index in [9.17, 15) is 9.18 Å². The number of methoxy groups -OCH3 is 1. The summed E-state index contributed by atoms with van der Waals surface area (Å²) in [5.41, 5.74) is 1.53. The summed E-state index contributed by atoms with van der Waals surface area (Å²) in [6, 6.07) is 13.0. The molecule has 4 nitrogen and oxygen atoms in total. The first-order valence-corrected chi connectivity index (χ1v) is 9.90. The van der Waals surface area contributed by atoms with E-state index in [1.165, 1.54) is 11.6 Å². The summed E-state index contributed by atoms with van der Waals surface area (Å²) in [5.74, 6) is 1.16. The highest BCUT2D eigenvalue weighted by atomic mass is 35.5. The average molecular weight is 439 g/mol. The molecule has 0 bridgehead atoms. The SMILES string of the molecule is COc1ccc([C@H]2[C@@H]3CN(C(=O)Cc4c(F)cccc4Cl)C[C@@H]3CN2C)cc1.Cl. The number of ether oxygens (including phenoxy) is 1. The zero-order valence-corrected chi connectivity index (χ0v) is 18.0. The molecule has 0 aromatic heterocycles. The maximum absolute atomic E-state index is 14.1. The topological polar surface area (TPSA) is 32.8 Å². The highest BCUT2D eigenvalue weighted by molar-refractivity contribution is 6.31. The molecular weight excluding hydrogens is 414 g/mol. The van der Waals surface area contributed by atoms with Crippen LogP contribution in [0.5, 0.6) is 5.75 Å². The molecule has 29 heavy (non-hydrogen) atoms. The van der Waals surface area contributed by atoms with Gasteiger partial charge in [0.15, 0.2) is 0 Å². The Labute approximate surface area is 182 Å². The van der Waals surface area contributed by atoms with E-state index in [4.69, 9.17) is 16.3 Å². The Hall–Kier alpha value is -1.82. The van der Waals surface area contributed by atoms with Crippen LogP contribution in [-0.2, 0) is 11.2 Å². The van der Waals surface area contributed by atoms with Crippen LogP contribution in [-0.4, -0.2) is 49.5 Å². The smallest absolute Gasteiger partial charge is 0.227 e. The van der Waals surface area contributed by atoms with Gasteiger partial charge in [0.25, 0.3) is 0 Å². The summed E-state index contributed by atoms with van der Waals surface area (Å²) in [6.07, 6.45) is 0.00793. The molecule has 2 heterocycles. The van der Waals surface area contributed by atoms with Crippen molar-refractivity contribution in [3.8, 4) is 5.75 Å². The van der Waals surface area contributed by atoms with E-state index in [2.05, 4.69) is 24.1 Å². The van der Waals surface area contributed by atoms with Gasteiger partial charge in [-0.1, -0.05) is 29.8 Å². The van der Waals surface area contributed by atoms with E-state index in [0.717, 1.165) is 12.3 Å². The third kappa shape index (κ3) is 4.23. The van der Waals surface area contributed by atoms with E-state index in [1.54, 1.807) is 19.2 Å². The van der Waals surface area contributed by atoms with Crippen molar-refractivity contribution in [1.29, 1.82) is 0 Å². The number of nitrogens with zero attached hydrogens (tertiary/aromatic N) is 2. The maximum atomic E-state index is 14.1. The first-order valence-electron chi connectivity index (χ1n) is 9.52. The lowest BCUT2D eigenvalue weighted by molar-refractivity contribution is -0.129. The molecule has 0 spiro atoms. The largest absolute Gasteiger partial charge is 0.497 e. The zero-order chi connectivity index (χ0) is 19.8. The minimum absolute atomic E-state index is 0. The fourth-order valence-corrected chi connectivity index (χ4v) is 4.96. The van der Waals surface area contributed by atoms with Gasteiger partial charge in [0.05, 0.1) is 13.5 Å². The third-order valence-corrected chi connectivity index (χ3v) is 6.45. The van der Waals surface area contributed by atoms with Gasteiger partial charge in [-0.25, -0.2) is 4.39 Å². The van der Waals surface area contributed by atoms with Crippen LogP contribution in [0.4, 0.5) is 4.39 Å². The second-order valence-electron chi connectivity index (χ2n) is 7.76. The van der Waals surface area contributed by atoms with Gasteiger partial charge in [-0.3, -0.25) is 9.69 Å². The Kier molecular flexibility index (Phi) is 6.72. The Morgan fingerprint density at radius 2 is 1.90 bits per heavy atom. The predicted octanol–water partition coefficient (Wildman–Crippen LogP) is 4.21. The monoisotopic (exact) mass is 438 g/mol. The van der Waals surface area contributed by atoms with Crippen LogP contribution in [0.15, 0.2) is 42.5 Å². The molecule has 2 aliphatic rings. The molecule has 0 saturated carbocycles. The minimum Gasteiger partial charge on any atom is -0.497 e. The summed E-state index contributed by atoms with van der Waals surface area (Å²) < 4.78 is 19.3. The molecule has 2 saturated heterocycles. The van der Waals surface area contributed by atoms with Crippen molar-refractivity contribution in [2.45, 2.75) is 12.5 Å². The summed E-state index contributed by atoms with van der Waals surface area (Å²) >= 11 is 6.10. The van der Waals surface area contributed by atoms with Gasteiger partial charge in [-0.05, 0) is 42.8 Å². The van der Waals surface area contributed by atoms with Crippen molar-refractivity contribution in [3.05, 3.63) is 64.4 Å². The zero-order valence-electron chi connectivity index (χ0n) is 16.5. The maximum Gasteiger partial charge on any atom is 0.227 e. The van der Waals surface area contributed by atoms with E-state index >= 15 is 0 Å². The summed E-state index contributed by atoms with van der Waals surface area (Å²) in [5, 5.41) is 0.309. The van der Waals surface area contributed by atoms with Gasteiger partial charge in [0.2, 0.25) is 5.91 Å². The standard InChI is InChI=1S/C22H24ClFN2O2.ClH/c1-25-11-15-12-26(21(27)10-17-19(23)4-3-5-20(17)24)13-18(15)22(25)14-6-8-16(28-2)9-7-14;/h3-9,15,18,22H,10-13H2,1-2H3;1H/t15-,18+,22-;/m0./s1. The molecule has 2 aromatic rings. The molecule has 2 aromatic carbocycles.